The molecule has 4 heterocycles. The molecule has 27 heavy (non-hydrogen) atoms. The molecule has 2 aromatic rings. The van der Waals surface area contributed by atoms with E-state index in [1.807, 2.05) is 12.1 Å². The summed E-state index contributed by atoms with van der Waals surface area (Å²) in [7, 11) is -3.50. The smallest absolute Gasteiger partial charge is 0.260 e. The first kappa shape index (κ1) is 18.2. The molecule has 0 unspecified atom stereocenters. The average molecular weight is 392 g/mol. The fourth-order valence-corrected chi connectivity index (χ4v) is 4.95. The molecule has 9 nitrogen and oxygen atoms in total. The molecule has 0 radical (unpaired) electrons. The zero-order valence-corrected chi connectivity index (χ0v) is 16.1. The van der Waals surface area contributed by atoms with E-state index in [2.05, 4.69) is 30.0 Å². The predicted octanol–water partition coefficient (Wildman–Crippen LogP) is 1.09. The summed E-state index contributed by atoms with van der Waals surface area (Å²) in [5.41, 5.74) is 0. The van der Waals surface area contributed by atoms with Crippen LogP contribution in [0.25, 0.3) is 0 Å². The summed E-state index contributed by atoms with van der Waals surface area (Å²) in [4.78, 5) is 10.9. The van der Waals surface area contributed by atoms with E-state index in [1.54, 1.807) is 0 Å². The lowest BCUT2D eigenvalue weighted by molar-refractivity contribution is 0.382. The van der Waals surface area contributed by atoms with Gasteiger partial charge in [0.25, 0.3) is 10.0 Å². The topological polar surface area (TPSA) is 98.3 Å². The van der Waals surface area contributed by atoms with E-state index in [1.165, 1.54) is 42.5 Å². The lowest BCUT2D eigenvalue weighted by Crippen LogP contribution is -2.49. The first-order valence-electron chi connectivity index (χ1n) is 9.47. The second-order valence-corrected chi connectivity index (χ2v) is 8.86. The van der Waals surface area contributed by atoms with Gasteiger partial charge in [-0.2, -0.15) is 4.31 Å². The van der Waals surface area contributed by atoms with Crippen molar-refractivity contribution in [2.75, 3.05) is 49.1 Å². The number of rotatable bonds is 4. The van der Waals surface area contributed by atoms with E-state index in [0.717, 1.165) is 24.7 Å². The minimum atomic E-state index is -3.50. The van der Waals surface area contributed by atoms with Gasteiger partial charge in [0.2, 0.25) is 0 Å². The molecule has 2 aliphatic heterocycles. The van der Waals surface area contributed by atoms with Crippen LogP contribution in [0.15, 0.2) is 29.7 Å². The Kier molecular flexibility index (Phi) is 5.26. The molecule has 0 spiro atoms. The summed E-state index contributed by atoms with van der Waals surface area (Å²) in [6, 6.07) is 4.02. The highest BCUT2D eigenvalue weighted by Gasteiger charge is 2.30. The minimum absolute atomic E-state index is 0.137. The van der Waals surface area contributed by atoms with E-state index >= 15 is 0 Å². The van der Waals surface area contributed by atoms with Crippen LogP contribution in [-0.2, 0) is 10.0 Å². The molecule has 2 aliphatic rings. The molecule has 146 valence electrons. The predicted molar refractivity (Wildman–Crippen MR) is 102 cm³/mol. The van der Waals surface area contributed by atoms with Crippen molar-refractivity contribution in [3.8, 4) is 0 Å². The zero-order valence-electron chi connectivity index (χ0n) is 15.3. The molecule has 0 aromatic carbocycles. The Morgan fingerprint density at radius 1 is 0.815 bits per heavy atom. The quantitative estimate of drug-likeness (QED) is 0.833. The van der Waals surface area contributed by atoms with Crippen molar-refractivity contribution in [2.24, 2.45) is 0 Å². The van der Waals surface area contributed by atoms with Crippen LogP contribution in [0.2, 0.25) is 0 Å². The van der Waals surface area contributed by atoms with Crippen molar-refractivity contribution >= 4 is 21.7 Å². The lowest BCUT2D eigenvalue weighted by atomic mass is 10.2. The Bertz CT molecular complexity index is 823. The van der Waals surface area contributed by atoms with Crippen molar-refractivity contribution in [2.45, 2.75) is 30.7 Å². The second-order valence-electron chi connectivity index (χ2n) is 6.96. The summed E-state index contributed by atoms with van der Waals surface area (Å²) in [6.45, 7) is 4.08. The van der Waals surface area contributed by atoms with Crippen molar-refractivity contribution in [1.82, 2.24) is 24.5 Å². The Morgan fingerprint density at radius 3 is 1.93 bits per heavy atom. The number of anilines is 2. The number of imidazole rings is 1. The maximum atomic E-state index is 12.5. The van der Waals surface area contributed by atoms with Gasteiger partial charge in [0.15, 0.2) is 16.7 Å². The van der Waals surface area contributed by atoms with Gasteiger partial charge in [-0.1, -0.05) is 12.8 Å². The van der Waals surface area contributed by atoms with Crippen LogP contribution in [-0.4, -0.2) is 72.2 Å². The number of H-pyrrole nitrogens is 1. The molecule has 2 aromatic heterocycles. The highest BCUT2D eigenvalue weighted by Crippen LogP contribution is 2.21. The largest absolute Gasteiger partial charge is 0.355 e. The van der Waals surface area contributed by atoms with Gasteiger partial charge >= 0.3 is 0 Å². The molecular weight excluding hydrogens is 366 g/mol. The Hall–Kier alpha value is -2.20. The number of sulfonamides is 1. The molecule has 0 bridgehead atoms. The van der Waals surface area contributed by atoms with Crippen molar-refractivity contribution in [1.29, 1.82) is 0 Å². The SMILES string of the molecule is O=S(=O)(c1cnc[nH]1)N1CCN(c2ccc(N3CCCCCC3)nn2)CC1. The molecule has 4 rings (SSSR count). The van der Waals surface area contributed by atoms with E-state index in [0.29, 0.717) is 26.2 Å². The maximum Gasteiger partial charge on any atom is 0.260 e. The molecule has 2 saturated heterocycles. The first-order chi connectivity index (χ1) is 13.1. The van der Waals surface area contributed by atoms with Gasteiger partial charge in [0.1, 0.15) is 0 Å². The molecular formula is C17H25N7O2S. The summed E-state index contributed by atoms with van der Waals surface area (Å²) >= 11 is 0. The van der Waals surface area contributed by atoms with Crippen molar-refractivity contribution in [3.63, 3.8) is 0 Å². The Balaban J connectivity index is 1.38. The molecule has 10 heteroatoms. The number of aromatic nitrogens is 4. The van der Waals surface area contributed by atoms with E-state index in [4.69, 9.17) is 0 Å². The maximum absolute atomic E-state index is 12.5. The van der Waals surface area contributed by atoms with Crippen LogP contribution in [0.1, 0.15) is 25.7 Å². The molecule has 0 saturated carbocycles. The van der Waals surface area contributed by atoms with Crippen molar-refractivity contribution in [3.05, 3.63) is 24.7 Å². The molecule has 0 aliphatic carbocycles. The van der Waals surface area contributed by atoms with Gasteiger partial charge in [-0.05, 0) is 25.0 Å². The van der Waals surface area contributed by atoms with Crippen LogP contribution >= 0.6 is 0 Å². The molecule has 0 amide bonds. The number of nitrogens with zero attached hydrogens (tertiary/aromatic N) is 6. The van der Waals surface area contributed by atoms with Gasteiger partial charge in [0.05, 0.1) is 12.5 Å². The number of hydrogen-bond donors (Lipinski definition) is 1. The van der Waals surface area contributed by atoms with Crippen LogP contribution in [0.5, 0.6) is 0 Å². The molecule has 0 atom stereocenters. The summed E-state index contributed by atoms with van der Waals surface area (Å²) in [5, 5.41) is 8.95. The third-order valence-corrected chi connectivity index (χ3v) is 7.04. The monoisotopic (exact) mass is 391 g/mol. The van der Waals surface area contributed by atoms with E-state index < -0.39 is 10.0 Å². The normalized spacial score (nSPS) is 19.9. The minimum Gasteiger partial charge on any atom is -0.355 e. The molecule has 2 fully saturated rings. The van der Waals surface area contributed by atoms with Crippen LogP contribution in [0, 0.1) is 0 Å². The summed E-state index contributed by atoms with van der Waals surface area (Å²) in [6.07, 6.45) is 7.70. The number of piperazine rings is 1. The highest BCUT2D eigenvalue weighted by molar-refractivity contribution is 7.89. The van der Waals surface area contributed by atoms with Crippen molar-refractivity contribution < 1.29 is 8.42 Å². The van der Waals surface area contributed by atoms with Gasteiger partial charge in [-0.25, -0.2) is 13.4 Å². The fourth-order valence-electron chi connectivity index (χ4n) is 3.64. The average Bonchev–Trinajstić information content (AvgIpc) is 3.12. The van der Waals surface area contributed by atoms with Crippen LogP contribution in [0.4, 0.5) is 11.6 Å². The summed E-state index contributed by atoms with van der Waals surface area (Å²) in [5.74, 6) is 1.73. The van der Waals surface area contributed by atoms with Gasteiger partial charge < -0.3 is 14.8 Å². The summed E-state index contributed by atoms with van der Waals surface area (Å²) < 4.78 is 26.6. The third kappa shape index (κ3) is 3.91. The molecule has 1 N–H and O–H groups in total. The second kappa shape index (κ2) is 7.81. The van der Waals surface area contributed by atoms with Crippen LogP contribution < -0.4 is 9.80 Å². The van der Waals surface area contributed by atoms with Gasteiger partial charge in [-0.3, -0.25) is 0 Å². The number of nitrogens with one attached hydrogen (secondary N) is 1. The standard InChI is InChI=1S/C17H25N7O2S/c25-27(26,17-13-18-14-19-17)24-11-9-23(10-12-24)16-6-5-15(20-21-16)22-7-3-1-2-4-8-22/h5-6,13-14H,1-4,7-12H2,(H,18,19). The van der Waals surface area contributed by atoms with Gasteiger partial charge in [-0.15, -0.1) is 10.2 Å². The number of aromatic amines is 1. The Labute approximate surface area is 159 Å². The Morgan fingerprint density at radius 2 is 1.41 bits per heavy atom. The highest BCUT2D eigenvalue weighted by atomic mass is 32.2. The first-order valence-corrected chi connectivity index (χ1v) is 10.9. The van der Waals surface area contributed by atoms with E-state index in [-0.39, 0.29) is 5.03 Å². The van der Waals surface area contributed by atoms with E-state index in [9.17, 15) is 8.42 Å². The lowest BCUT2D eigenvalue weighted by Gasteiger charge is -2.34. The zero-order chi connectivity index (χ0) is 18.7. The van der Waals surface area contributed by atoms with Gasteiger partial charge in [0, 0.05) is 39.3 Å². The number of hydrogen-bond acceptors (Lipinski definition) is 7. The third-order valence-electron chi connectivity index (χ3n) is 5.22. The van der Waals surface area contributed by atoms with Crippen LogP contribution in [0.3, 0.4) is 0 Å². The fraction of sp³-hybridized carbons (Fsp3) is 0.588.